The van der Waals surface area contributed by atoms with Crippen molar-refractivity contribution >= 4 is 17.9 Å². The van der Waals surface area contributed by atoms with E-state index in [1.165, 1.54) is 24.5 Å². The summed E-state index contributed by atoms with van der Waals surface area (Å²) in [5, 5.41) is 14.0. The maximum atomic E-state index is 12.0. The zero-order chi connectivity index (χ0) is 15.8. The van der Waals surface area contributed by atoms with E-state index in [9.17, 15) is 14.4 Å². The van der Waals surface area contributed by atoms with Gasteiger partial charge in [0.15, 0.2) is 0 Å². The van der Waals surface area contributed by atoms with Gasteiger partial charge in [-0.05, 0) is 6.92 Å². The van der Waals surface area contributed by atoms with Crippen molar-refractivity contribution in [3.05, 3.63) is 18.2 Å². The van der Waals surface area contributed by atoms with Gasteiger partial charge >= 0.3 is 12.0 Å². The summed E-state index contributed by atoms with van der Waals surface area (Å²) in [6, 6.07) is -1.70. The average Bonchev–Trinajstić information content (AvgIpc) is 2.96. The van der Waals surface area contributed by atoms with Crippen molar-refractivity contribution in [2.75, 3.05) is 20.1 Å². The SMILES string of the molecule is CCN(CC(=O)NC)C(=O)N[C@@H](Cc1cnc[nH]1)C(=O)O. The van der Waals surface area contributed by atoms with Crippen LogP contribution in [0.3, 0.4) is 0 Å². The fraction of sp³-hybridized carbons (Fsp3) is 0.500. The van der Waals surface area contributed by atoms with E-state index in [1.807, 2.05) is 0 Å². The van der Waals surface area contributed by atoms with Crippen LogP contribution < -0.4 is 10.6 Å². The molecule has 0 unspecified atom stereocenters. The Bertz CT molecular complexity index is 488. The topological polar surface area (TPSA) is 127 Å². The van der Waals surface area contributed by atoms with Gasteiger partial charge < -0.3 is 25.6 Å². The first kappa shape index (κ1) is 16.5. The molecule has 0 aromatic carbocycles. The molecule has 1 aromatic rings. The first-order valence-electron chi connectivity index (χ1n) is 6.44. The van der Waals surface area contributed by atoms with E-state index in [0.29, 0.717) is 5.69 Å². The van der Waals surface area contributed by atoms with E-state index in [4.69, 9.17) is 5.11 Å². The Labute approximate surface area is 121 Å². The number of carbonyl (C=O) groups excluding carboxylic acids is 2. The molecule has 0 fully saturated rings. The van der Waals surface area contributed by atoms with Gasteiger partial charge in [0.1, 0.15) is 12.6 Å². The summed E-state index contributed by atoms with van der Waals surface area (Å²) in [6.45, 7) is 1.86. The molecule has 3 amide bonds. The fourth-order valence-electron chi connectivity index (χ4n) is 1.64. The monoisotopic (exact) mass is 297 g/mol. The minimum Gasteiger partial charge on any atom is -0.480 e. The zero-order valence-electron chi connectivity index (χ0n) is 11.9. The number of nitrogens with one attached hydrogen (secondary N) is 3. The summed E-state index contributed by atoms with van der Waals surface area (Å²) < 4.78 is 0. The molecule has 9 heteroatoms. The molecule has 0 bridgehead atoms. The summed E-state index contributed by atoms with van der Waals surface area (Å²) in [5.74, 6) is -1.48. The van der Waals surface area contributed by atoms with Crippen molar-refractivity contribution in [2.24, 2.45) is 0 Å². The first-order valence-corrected chi connectivity index (χ1v) is 6.44. The summed E-state index contributed by atoms with van der Waals surface area (Å²) in [7, 11) is 1.46. The van der Waals surface area contributed by atoms with E-state index in [2.05, 4.69) is 20.6 Å². The van der Waals surface area contributed by atoms with E-state index >= 15 is 0 Å². The number of amides is 3. The van der Waals surface area contributed by atoms with Gasteiger partial charge in [-0.1, -0.05) is 0 Å². The Balaban J connectivity index is 2.66. The minimum absolute atomic E-state index is 0.0819. The number of likely N-dealkylation sites (N-methyl/N-ethyl adjacent to an activating group) is 2. The zero-order valence-corrected chi connectivity index (χ0v) is 11.9. The van der Waals surface area contributed by atoms with Crippen LogP contribution in [0.25, 0.3) is 0 Å². The summed E-state index contributed by atoms with van der Waals surface area (Å²) in [5.41, 5.74) is 0.594. The van der Waals surface area contributed by atoms with Gasteiger partial charge in [0.2, 0.25) is 5.91 Å². The Kier molecular flexibility index (Phi) is 6.18. The molecule has 1 atom stereocenters. The van der Waals surface area contributed by atoms with Crippen LogP contribution in [0.1, 0.15) is 12.6 Å². The van der Waals surface area contributed by atoms with E-state index in [1.54, 1.807) is 6.92 Å². The predicted molar refractivity (Wildman–Crippen MR) is 73.6 cm³/mol. The second-order valence-electron chi connectivity index (χ2n) is 4.31. The molecule has 0 saturated heterocycles. The second kappa shape index (κ2) is 7.88. The van der Waals surface area contributed by atoms with Gasteiger partial charge in [-0.2, -0.15) is 0 Å². The molecule has 1 heterocycles. The number of urea groups is 1. The van der Waals surface area contributed by atoms with Crippen molar-refractivity contribution in [2.45, 2.75) is 19.4 Å². The van der Waals surface area contributed by atoms with Crippen LogP contribution in [0, 0.1) is 0 Å². The maximum absolute atomic E-state index is 12.0. The number of rotatable bonds is 7. The van der Waals surface area contributed by atoms with Gasteiger partial charge in [0, 0.05) is 31.9 Å². The third-order valence-electron chi connectivity index (χ3n) is 2.86. The average molecular weight is 297 g/mol. The van der Waals surface area contributed by atoms with Crippen LogP contribution in [0.15, 0.2) is 12.5 Å². The van der Waals surface area contributed by atoms with Crippen molar-refractivity contribution in [1.29, 1.82) is 0 Å². The standard InChI is InChI=1S/C12H19N5O4/c1-3-17(6-10(18)13-2)12(21)16-9(11(19)20)4-8-5-14-7-15-8/h5,7,9H,3-4,6H2,1-2H3,(H,13,18)(H,14,15)(H,16,21)(H,19,20)/t9-/m0/s1. The molecular weight excluding hydrogens is 278 g/mol. The summed E-state index contributed by atoms with van der Waals surface area (Å²) in [4.78, 5) is 42.3. The third-order valence-corrected chi connectivity index (χ3v) is 2.86. The number of aromatic nitrogens is 2. The molecule has 1 aromatic heterocycles. The number of H-pyrrole nitrogens is 1. The molecule has 0 aliphatic heterocycles. The van der Waals surface area contributed by atoms with Crippen LogP contribution in [-0.2, 0) is 16.0 Å². The lowest BCUT2D eigenvalue weighted by Gasteiger charge is -2.23. The van der Waals surface area contributed by atoms with Crippen LogP contribution >= 0.6 is 0 Å². The number of aromatic amines is 1. The van der Waals surface area contributed by atoms with Crippen LogP contribution in [0.5, 0.6) is 0 Å². The van der Waals surface area contributed by atoms with Gasteiger partial charge in [0.05, 0.1) is 6.33 Å². The lowest BCUT2D eigenvalue weighted by molar-refractivity contribution is -0.139. The van der Waals surface area contributed by atoms with Crippen LogP contribution in [-0.4, -0.2) is 64.1 Å². The molecule has 0 spiro atoms. The Morgan fingerprint density at radius 3 is 2.67 bits per heavy atom. The molecule has 9 nitrogen and oxygen atoms in total. The normalized spacial score (nSPS) is 11.5. The van der Waals surface area contributed by atoms with E-state index in [0.717, 1.165) is 0 Å². The van der Waals surface area contributed by atoms with Crippen LogP contribution in [0.4, 0.5) is 4.79 Å². The lowest BCUT2D eigenvalue weighted by Crippen LogP contribution is -2.51. The smallest absolute Gasteiger partial charge is 0.326 e. The second-order valence-corrected chi connectivity index (χ2v) is 4.31. The Hall–Kier alpha value is -2.58. The molecule has 0 radical (unpaired) electrons. The maximum Gasteiger partial charge on any atom is 0.326 e. The molecule has 116 valence electrons. The van der Waals surface area contributed by atoms with Crippen LogP contribution in [0.2, 0.25) is 0 Å². The number of carboxylic acid groups (broad SMARTS) is 1. The van der Waals surface area contributed by atoms with Crippen molar-refractivity contribution in [3.63, 3.8) is 0 Å². The number of nitrogens with zero attached hydrogens (tertiary/aromatic N) is 2. The quantitative estimate of drug-likeness (QED) is 0.523. The van der Waals surface area contributed by atoms with Crippen molar-refractivity contribution in [1.82, 2.24) is 25.5 Å². The number of aliphatic carboxylic acids is 1. The highest BCUT2D eigenvalue weighted by molar-refractivity contribution is 5.86. The van der Waals surface area contributed by atoms with Gasteiger partial charge in [-0.3, -0.25) is 4.79 Å². The first-order chi connectivity index (χ1) is 9.97. The largest absolute Gasteiger partial charge is 0.480 e. The minimum atomic E-state index is -1.16. The number of carboxylic acids is 1. The number of imidazole rings is 1. The highest BCUT2D eigenvalue weighted by Gasteiger charge is 2.24. The molecule has 4 N–H and O–H groups in total. The summed E-state index contributed by atoms with van der Waals surface area (Å²) >= 11 is 0. The Morgan fingerprint density at radius 2 is 2.19 bits per heavy atom. The van der Waals surface area contributed by atoms with E-state index < -0.39 is 18.0 Å². The number of hydrogen-bond donors (Lipinski definition) is 4. The molecule has 21 heavy (non-hydrogen) atoms. The predicted octanol–water partition coefficient (Wildman–Crippen LogP) is -0.817. The third kappa shape index (κ3) is 5.13. The highest BCUT2D eigenvalue weighted by atomic mass is 16.4. The van der Waals surface area contributed by atoms with Crippen molar-refractivity contribution < 1.29 is 19.5 Å². The highest BCUT2D eigenvalue weighted by Crippen LogP contribution is 2.00. The van der Waals surface area contributed by atoms with Gasteiger partial charge in [-0.15, -0.1) is 0 Å². The fourth-order valence-corrected chi connectivity index (χ4v) is 1.64. The summed E-state index contributed by atoms with van der Waals surface area (Å²) in [6.07, 6.45) is 3.00. The molecule has 0 aliphatic carbocycles. The Morgan fingerprint density at radius 1 is 1.48 bits per heavy atom. The molecule has 0 saturated carbocycles. The van der Waals surface area contributed by atoms with Crippen molar-refractivity contribution in [3.8, 4) is 0 Å². The molecule has 1 rings (SSSR count). The number of hydrogen-bond acceptors (Lipinski definition) is 4. The van der Waals surface area contributed by atoms with Gasteiger partial charge in [-0.25, -0.2) is 14.6 Å². The molecular formula is C12H19N5O4. The van der Waals surface area contributed by atoms with Gasteiger partial charge in [0.25, 0.3) is 0 Å². The lowest BCUT2D eigenvalue weighted by atomic mass is 10.1. The number of carbonyl (C=O) groups is 3. The van der Waals surface area contributed by atoms with E-state index in [-0.39, 0.29) is 25.4 Å². The molecule has 0 aliphatic rings.